The van der Waals surface area contributed by atoms with Gasteiger partial charge in [0.2, 0.25) is 0 Å². The molecule has 5 N–H and O–H groups in total. The topological polar surface area (TPSA) is 94.0 Å². The molecule has 1 aromatic heterocycles. The van der Waals surface area contributed by atoms with Crippen LogP contribution in [0.25, 0.3) is 0 Å². The average Bonchev–Trinajstić information content (AvgIpc) is 2.59. The SMILES string of the molecule is CCCCCCNc1snc(N)c1C(N)=O. The second-order valence-corrected chi connectivity index (χ2v) is 4.40. The first-order valence-electron chi connectivity index (χ1n) is 5.45. The molecule has 0 atom stereocenters. The van der Waals surface area contributed by atoms with Gasteiger partial charge in [-0.05, 0) is 18.0 Å². The van der Waals surface area contributed by atoms with Crippen LogP contribution in [-0.2, 0) is 0 Å². The first-order valence-corrected chi connectivity index (χ1v) is 6.23. The molecule has 0 fully saturated rings. The summed E-state index contributed by atoms with van der Waals surface area (Å²) in [6.07, 6.45) is 4.70. The van der Waals surface area contributed by atoms with Crippen molar-refractivity contribution in [2.45, 2.75) is 32.6 Å². The van der Waals surface area contributed by atoms with Crippen LogP contribution in [0.3, 0.4) is 0 Å². The molecule has 90 valence electrons. The fraction of sp³-hybridized carbons (Fsp3) is 0.600. The maximum Gasteiger partial charge on any atom is 0.255 e. The molecular formula is C10H18N4OS. The predicted octanol–water partition coefficient (Wildman–Crippen LogP) is 1.82. The Morgan fingerprint density at radius 1 is 1.44 bits per heavy atom. The quantitative estimate of drug-likeness (QED) is 0.636. The summed E-state index contributed by atoms with van der Waals surface area (Å²) < 4.78 is 3.91. The molecule has 0 spiro atoms. The molecule has 1 rings (SSSR count). The molecule has 6 heteroatoms. The zero-order valence-electron chi connectivity index (χ0n) is 9.45. The van der Waals surface area contributed by atoms with Gasteiger partial charge in [0.15, 0.2) is 5.82 Å². The third kappa shape index (κ3) is 3.37. The molecule has 1 aromatic rings. The maximum absolute atomic E-state index is 11.1. The summed E-state index contributed by atoms with van der Waals surface area (Å²) in [5.41, 5.74) is 11.1. The molecule has 5 nitrogen and oxygen atoms in total. The standard InChI is InChI=1S/C10H18N4OS/c1-2-3-4-5-6-13-10-7(9(12)15)8(11)14-16-10/h13H,2-6H2,1H3,(H2,11,14)(H2,12,15). The van der Waals surface area contributed by atoms with Gasteiger partial charge in [0.25, 0.3) is 5.91 Å². The van der Waals surface area contributed by atoms with E-state index in [4.69, 9.17) is 11.5 Å². The van der Waals surface area contributed by atoms with E-state index in [2.05, 4.69) is 16.6 Å². The number of anilines is 2. The van der Waals surface area contributed by atoms with Gasteiger partial charge in [-0.2, -0.15) is 4.37 Å². The van der Waals surface area contributed by atoms with Gasteiger partial charge in [0, 0.05) is 6.54 Å². The summed E-state index contributed by atoms with van der Waals surface area (Å²) in [7, 11) is 0. The van der Waals surface area contributed by atoms with E-state index in [1.165, 1.54) is 30.8 Å². The highest BCUT2D eigenvalue weighted by Crippen LogP contribution is 2.25. The number of hydrogen-bond acceptors (Lipinski definition) is 5. The van der Waals surface area contributed by atoms with Crippen molar-refractivity contribution in [1.82, 2.24) is 4.37 Å². The average molecular weight is 242 g/mol. The highest BCUT2D eigenvalue weighted by Gasteiger charge is 2.15. The molecule has 1 amide bonds. The number of nitrogens with zero attached hydrogens (tertiary/aromatic N) is 1. The molecule has 0 aromatic carbocycles. The van der Waals surface area contributed by atoms with Gasteiger partial charge in [0.1, 0.15) is 10.6 Å². The minimum Gasteiger partial charge on any atom is -0.382 e. The number of hydrogen-bond donors (Lipinski definition) is 3. The van der Waals surface area contributed by atoms with E-state index in [-0.39, 0.29) is 5.82 Å². The molecule has 0 aliphatic heterocycles. The minimum atomic E-state index is -0.526. The number of rotatable bonds is 7. The summed E-state index contributed by atoms with van der Waals surface area (Å²) in [5, 5.41) is 3.83. The highest BCUT2D eigenvalue weighted by molar-refractivity contribution is 7.11. The van der Waals surface area contributed by atoms with Gasteiger partial charge in [-0.3, -0.25) is 4.79 Å². The lowest BCUT2D eigenvalue weighted by Crippen LogP contribution is -2.15. The number of amides is 1. The molecule has 0 aliphatic carbocycles. The summed E-state index contributed by atoms with van der Waals surface area (Å²) in [5.74, 6) is -0.309. The van der Waals surface area contributed by atoms with Crippen LogP contribution in [0.5, 0.6) is 0 Å². The monoisotopic (exact) mass is 242 g/mol. The van der Waals surface area contributed by atoms with Crippen LogP contribution in [0.4, 0.5) is 10.8 Å². The van der Waals surface area contributed by atoms with E-state index < -0.39 is 5.91 Å². The maximum atomic E-state index is 11.1. The first-order chi connectivity index (χ1) is 7.66. The molecular weight excluding hydrogens is 224 g/mol. The van der Waals surface area contributed by atoms with Gasteiger partial charge >= 0.3 is 0 Å². The van der Waals surface area contributed by atoms with Crippen molar-refractivity contribution >= 4 is 28.3 Å². The van der Waals surface area contributed by atoms with Gasteiger partial charge in [-0.1, -0.05) is 26.2 Å². The Hall–Kier alpha value is -1.30. The number of nitrogen functional groups attached to an aromatic ring is 1. The number of aromatic nitrogens is 1. The summed E-state index contributed by atoms with van der Waals surface area (Å²) in [6, 6.07) is 0. The Morgan fingerprint density at radius 2 is 2.19 bits per heavy atom. The zero-order valence-corrected chi connectivity index (χ0v) is 10.3. The molecule has 0 aliphatic rings. The number of nitrogens with two attached hydrogens (primary N) is 2. The Labute approximate surface area is 99.4 Å². The molecule has 16 heavy (non-hydrogen) atoms. The van der Waals surface area contributed by atoms with E-state index in [1.807, 2.05) is 0 Å². The molecule has 0 radical (unpaired) electrons. The molecule has 0 unspecified atom stereocenters. The molecule has 1 heterocycles. The van der Waals surface area contributed by atoms with E-state index >= 15 is 0 Å². The van der Waals surface area contributed by atoms with Gasteiger partial charge in [-0.15, -0.1) is 0 Å². The number of primary amides is 1. The Kier molecular flexibility index (Phi) is 5.04. The van der Waals surface area contributed by atoms with E-state index in [1.54, 1.807) is 0 Å². The van der Waals surface area contributed by atoms with Crippen LogP contribution in [0.15, 0.2) is 0 Å². The number of carbonyl (C=O) groups is 1. The second kappa shape index (κ2) is 6.32. The van der Waals surface area contributed by atoms with Gasteiger partial charge in [0.05, 0.1) is 0 Å². The minimum absolute atomic E-state index is 0.216. The van der Waals surface area contributed by atoms with Crippen molar-refractivity contribution in [3.05, 3.63) is 5.56 Å². The lowest BCUT2D eigenvalue weighted by Gasteiger charge is -2.04. The lowest BCUT2D eigenvalue weighted by molar-refractivity contribution is 0.100. The Balaban J connectivity index is 2.45. The van der Waals surface area contributed by atoms with Crippen LogP contribution >= 0.6 is 11.5 Å². The number of carbonyl (C=O) groups excluding carboxylic acids is 1. The number of unbranched alkanes of at least 4 members (excludes halogenated alkanes) is 3. The lowest BCUT2D eigenvalue weighted by atomic mass is 10.2. The Morgan fingerprint density at radius 3 is 2.81 bits per heavy atom. The van der Waals surface area contributed by atoms with E-state index in [9.17, 15) is 4.79 Å². The fourth-order valence-electron chi connectivity index (χ4n) is 1.41. The van der Waals surface area contributed by atoms with Crippen molar-refractivity contribution in [3.63, 3.8) is 0 Å². The van der Waals surface area contributed by atoms with Gasteiger partial charge < -0.3 is 16.8 Å². The predicted molar refractivity (Wildman–Crippen MR) is 67.7 cm³/mol. The van der Waals surface area contributed by atoms with E-state index in [0.29, 0.717) is 10.6 Å². The summed E-state index contributed by atoms with van der Waals surface area (Å²) in [6.45, 7) is 2.99. The van der Waals surface area contributed by atoms with Crippen molar-refractivity contribution < 1.29 is 4.79 Å². The zero-order chi connectivity index (χ0) is 12.0. The van der Waals surface area contributed by atoms with Crippen LogP contribution < -0.4 is 16.8 Å². The third-order valence-electron chi connectivity index (χ3n) is 2.28. The second-order valence-electron chi connectivity index (χ2n) is 3.62. The summed E-state index contributed by atoms with van der Waals surface area (Å²) in [4.78, 5) is 11.1. The van der Waals surface area contributed by atoms with Crippen molar-refractivity contribution in [1.29, 1.82) is 0 Å². The molecule has 0 saturated carbocycles. The van der Waals surface area contributed by atoms with Crippen molar-refractivity contribution in [2.75, 3.05) is 17.6 Å². The van der Waals surface area contributed by atoms with Crippen LogP contribution in [0, 0.1) is 0 Å². The smallest absolute Gasteiger partial charge is 0.255 e. The van der Waals surface area contributed by atoms with E-state index in [0.717, 1.165) is 13.0 Å². The molecule has 0 saturated heterocycles. The van der Waals surface area contributed by atoms with Gasteiger partial charge in [-0.25, -0.2) is 0 Å². The first kappa shape index (κ1) is 12.8. The van der Waals surface area contributed by atoms with Crippen molar-refractivity contribution in [3.8, 4) is 0 Å². The largest absolute Gasteiger partial charge is 0.382 e. The molecule has 0 bridgehead atoms. The third-order valence-corrected chi connectivity index (χ3v) is 3.10. The number of nitrogens with one attached hydrogen (secondary N) is 1. The van der Waals surface area contributed by atoms with Crippen LogP contribution in [0.2, 0.25) is 0 Å². The van der Waals surface area contributed by atoms with Crippen LogP contribution in [-0.4, -0.2) is 16.8 Å². The summed E-state index contributed by atoms with van der Waals surface area (Å²) >= 11 is 1.18. The van der Waals surface area contributed by atoms with Crippen LogP contribution in [0.1, 0.15) is 43.0 Å². The fourth-order valence-corrected chi connectivity index (χ4v) is 2.16. The van der Waals surface area contributed by atoms with Crippen molar-refractivity contribution in [2.24, 2.45) is 5.73 Å². The Bertz CT molecular complexity index is 351. The highest BCUT2D eigenvalue weighted by atomic mass is 32.1. The normalized spacial score (nSPS) is 10.3.